The second-order valence-electron chi connectivity index (χ2n) is 6.52. The average Bonchev–Trinajstić information content (AvgIpc) is 2.34. The van der Waals surface area contributed by atoms with Crippen LogP contribution in [0.4, 0.5) is 4.79 Å². The standard InChI is InChI=1S/C14H26N2O4/c1-14(2,3)11(12(17)18)15-13(19)16(4)9-10-5-7-20-8-6-10/h10-11H,5-9H2,1-4H3,(H,15,19)(H,17,18)/t11-/m0/s1. The summed E-state index contributed by atoms with van der Waals surface area (Å²) in [5.41, 5.74) is -0.527. The molecule has 1 atom stereocenters. The highest BCUT2D eigenvalue weighted by Gasteiger charge is 2.33. The zero-order chi connectivity index (χ0) is 15.3. The van der Waals surface area contributed by atoms with Crippen molar-refractivity contribution in [3.8, 4) is 0 Å². The quantitative estimate of drug-likeness (QED) is 0.822. The highest BCUT2D eigenvalue weighted by Crippen LogP contribution is 2.20. The lowest BCUT2D eigenvalue weighted by Crippen LogP contribution is -2.53. The van der Waals surface area contributed by atoms with Gasteiger partial charge in [0.2, 0.25) is 0 Å². The molecule has 0 spiro atoms. The number of carbonyl (C=O) groups is 2. The lowest BCUT2D eigenvalue weighted by Gasteiger charge is -2.31. The number of aliphatic carboxylic acids is 1. The smallest absolute Gasteiger partial charge is 0.326 e. The second kappa shape index (κ2) is 6.92. The summed E-state index contributed by atoms with van der Waals surface area (Å²) >= 11 is 0. The molecule has 1 aliphatic heterocycles. The van der Waals surface area contributed by atoms with E-state index < -0.39 is 17.4 Å². The summed E-state index contributed by atoms with van der Waals surface area (Å²) in [6.07, 6.45) is 1.89. The normalized spacial score (nSPS) is 18.4. The molecule has 0 aromatic carbocycles. The van der Waals surface area contributed by atoms with Gasteiger partial charge in [0, 0.05) is 26.8 Å². The minimum absolute atomic E-state index is 0.334. The summed E-state index contributed by atoms with van der Waals surface area (Å²) in [5.74, 6) is -0.581. The molecule has 2 amide bonds. The Balaban J connectivity index is 2.53. The highest BCUT2D eigenvalue weighted by molar-refractivity contribution is 5.83. The van der Waals surface area contributed by atoms with Crippen molar-refractivity contribution in [1.82, 2.24) is 10.2 Å². The first kappa shape index (κ1) is 16.8. The molecule has 1 fully saturated rings. The van der Waals surface area contributed by atoms with E-state index in [1.807, 2.05) is 0 Å². The van der Waals surface area contributed by atoms with Gasteiger partial charge in [0.1, 0.15) is 6.04 Å². The van der Waals surface area contributed by atoms with E-state index in [0.717, 1.165) is 26.1 Å². The molecular weight excluding hydrogens is 260 g/mol. The molecule has 1 rings (SSSR count). The van der Waals surface area contributed by atoms with E-state index in [0.29, 0.717) is 12.5 Å². The Bertz CT molecular complexity index is 346. The Kier molecular flexibility index (Phi) is 5.80. The van der Waals surface area contributed by atoms with Crippen LogP contribution in [0.1, 0.15) is 33.6 Å². The van der Waals surface area contributed by atoms with Crippen molar-refractivity contribution in [2.24, 2.45) is 11.3 Å². The van der Waals surface area contributed by atoms with Crippen molar-refractivity contribution < 1.29 is 19.4 Å². The number of hydrogen-bond acceptors (Lipinski definition) is 3. The van der Waals surface area contributed by atoms with Crippen LogP contribution < -0.4 is 5.32 Å². The highest BCUT2D eigenvalue weighted by atomic mass is 16.5. The van der Waals surface area contributed by atoms with Crippen LogP contribution in [-0.2, 0) is 9.53 Å². The van der Waals surface area contributed by atoms with Crippen LogP contribution in [0.5, 0.6) is 0 Å². The van der Waals surface area contributed by atoms with Gasteiger partial charge in [-0.25, -0.2) is 9.59 Å². The molecule has 20 heavy (non-hydrogen) atoms. The van der Waals surface area contributed by atoms with E-state index in [-0.39, 0.29) is 6.03 Å². The van der Waals surface area contributed by atoms with E-state index in [1.54, 1.807) is 32.7 Å². The van der Waals surface area contributed by atoms with Crippen LogP contribution in [0.15, 0.2) is 0 Å². The van der Waals surface area contributed by atoms with Crippen LogP contribution in [0.2, 0.25) is 0 Å². The lowest BCUT2D eigenvalue weighted by atomic mass is 9.87. The molecule has 2 N–H and O–H groups in total. The van der Waals surface area contributed by atoms with Gasteiger partial charge in [-0.1, -0.05) is 20.8 Å². The van der Waals surface area contributed by atoms with Gasteiger partial charge >= 0.3 is 12.0 Å². The fourth-order valence-corrected chi connectivity index (χ4v) is 2.28. The summed E-state index contributed by atoms with van der Waals surface area (Å²) in [6, 6.07) is -1.23. The van der Waals surface area contributed by atoms with Crippen molar-refractivity contribution in [2.45, 2.75) is 39.7 Å². The molecule has 1 heterocycles. The predicted octanol–water partition coefficient (Wildman–Crippen LogP) is 1.55. The third-order valence-electron chi connectivity index (χ3n) is 3.60. The summed E-state index contributed by atoms with van der Waals surface area (Å²) < 4.78 is 5.29. The first-order valence-electron chi connectivity index (χ1n) is 7.04. The Morgan fingerprint density at radius 2 is 1.90 bits per heavy atom. The van der Waals surface area contributed by atoms with Crippen molar-refractivity contribution >= 4 is 12.0 Å². The zero-order valence-corrected chi connectivity index (χ0v) is 12.8. The average molecular weight is 286 g/mol. The first-order chi connectivity index (χ1) is 9.21. The van der Waals surface area contributed by atoms with Crippen LogP contribution >= 0.6 is 0 Å². The van der Waals surface area contributed by atoms with Gasteiger partial charge in [0.15, 0.2) is 0 Å². The number of nitrogens with one attached hydrogen (secondary N) is 1. The minimum Gasteiger partial charge on any atom is -0.480 e. The molecule has 1 saturated heterocycles. The van der Waals surface area contributed by atoms with Crippen LogP contribution in [-0.4, -0.2) is 54.9 Å². The molecule has 0 saturated carbocycles. The van der Waals surface area contributed by atoms with Crippen molar-refractivity contribution in [3.05, 3.63) is 0 Å². The summed E-state index contributed by atoms with van der Waals surface area (Å²) in [6.45, 7) is 7.49. The number of amides is 2. The fourth-order valence-electron chi connectivity index (χ4n) is 2.28. The molecule has 0 aromatic rings. The Labute approximate surface area is 120 Å². The molecule has 116 valence electrons. The van der Waals surface area contributed by atoms with Crippen LogP contribution in [0.3, 0.4) is 0 Å². The molecule has 6 nitrogen and oxygen atoms in total. The van der Waals surface area contributed by atoms with Crippen LogP contribution in [0.25, 0.3) is 0 Å². The summed E-state index contributed by atoms with van der Waals surface area (Å²) in [4.78, 5) is 24.9. The van der Waals surface area contributed by atoms with Gasteiger partial charge in [-0.2, -0.15) is 0 Å². The minimum atomic E-state index is -1.01. The van der Waals surface area contributed by atoms with Gasteiger partial charge in [-0.05, 0) is 24.2 Å². The Morgan fingerprint density at radius 1 is 1.35 bits per heavy atom. The maximum absolute atomic E-state index is 12.1. The van der Waals surface area contributed by atoms with Gasteiger partial charge in [0.25, 0.3) is 0 Å². The number of urea groups is 1. The summed E-state index contributed by atoms with van der Waals surface area (Å²) in [7, 11) is 1.70. The predicted molar refractivity (Wildman–Crippen MR) is 75.6 cm³/mol. The number of ether oxygens (including phenoxy) is 1. The van der Waals surface area contributed by atoms with Gasteiger partial charge in [-0.15, -0.1) is 0 Å². The van der Waals surface area contributed by atoms with Crippen molar-refractivity contribution in [1.29, 1.82) is 0 Å². The van der Waals surface area contributed by atoms with Crippen molar-refractivity contribution in [3.63, 3.8) is 0 Å². The molecule has 0 radical (unpaired) electrons. The van der Waals surface area contributed by atoms with Gasteiger partial charge in [-0.3, -0.25) is 0 Å². The molecule has 0 aromatic heterocycles. The molecule has 1 aliphatic rings. The molecule has 0 bridgehead atoms. The van der Waals surface area contributed by atoms with E-state index in [9.17, 15) is 14.7 Å². The third-order valence-corrected chi connectivity index (χ3v) is 3.60. The lowest BCUT2D eigenvalue weighted by molar-refractivity contribution is -0.142. The van der Waals surface area contributed by atoms with E-state index in [2.05, 4.69) is 5.32 Å². The maximum atomic E-state index is 12.1. The molecule has 0 unspecified atom stereocenters. The first-order valence-corrected chi connectivity index (χ1v) is 7.04. The number of hydrogen-bond donors (Lipinski definition) is 2. The van der Waals surface area contributed by atoms with Crippen molar-refractivity contribution in [2.75, 3.05) is 26.8 Å². The number of rotatable bonds is 4. The number of nitrogens with zero attached hydrogens (tertiary/aromatic N) is 1. The van der Waals surface area contributed by atoms with E-state index >= 15 is 0 Å². The molecule has 0 aliphatic carbocycles. The maximum Gasteiger partial charge on any atom is 0.326 e. The van der Waals surface area contributed by atoms with Gasteiger partial charge < -0.3 is 20.1 Å². The molecular formula is C14H26N2O4. The van der Waals surface area contributed by atoms with Crippen LogP contribution in [0, 0.1) is 11.3 Å². The Hall–Kier alpha value is -1.30. The van der Waals surface area contributed by atoms with Gasteiger partial charge in [0.05, 0.1) is 0 Å². The van der Waals surface area contributed by atoms with E-state index in [4.69, 9.17) is 4.74 Å². The SMILES string of the molecule is CN(CC1CCOCC1)C(=O)N[C@@H](C(=O)O)C(C)(C)C. The topological polar surface area (TPSA) is 78.9 Å². The number of carbonyl (C=O) groups excluding carboxylic acids is 1. The summed E-state index contributed by atoms with van der Waals surface area (Å²) in [5, 5.41) is 11.8. The second-order valence-corrected chi connectivity index (χ2v) is 6.52. The third kappa shape index (κ3) is 5.00. The zero-order valence-electron chi connectivity index (χ0n) is 12.8. The van der Waals surface area contributed by atoms with E-state index in [1.165, 1.54) is 0 Å². The number of carboxylic acid groups (broad SMARTS) is 1. The fraction of sp³-hybridized carbons (Fsp3) is 0.857. The number of carboxylic acids is 1. The monoisotopic (exact) mass is 286 g/mol. The Morgan fingerprint density at radius 3 is 2.35 bits per heavy atom. The largest absolute Gasteiger partial charge is 0.480 e. The molecule has 6 heteroatoms.